The first kappa shape index (κ1) is 52.4. The normalized spacial score (nSPS) is 17.2. The van der Waals surface area contributed by atoms with Crippen LogP contribution in [0.2, 0.25) is 0 Å². The molecule has 376 valence electrons. The van der Waals surface area contributed by atoms with Crippen molar-refractivity contribution >= 4 is 52.0 Å². The van der Waals surface area contributed by atoms with Crippen molar-refractivity contribution in [2.75, 3.05) is 0 Å². The number of rotatable bonds is 22. The van der Waals surface area contributed by atoms with E-state index in [9.17, 15) is 30.6 Å². The number of hydrogen-bond donors (Lipinski definition) is 0. The highest BCUT2D eigenvalue weighted by Crippen LogP contribution is 2.64. The first-order chi connectivity index (χ1) is 36.2. The second kappa shape index (κ2) is 23.0. The van der Waals surface area contributed by atoms with Crippen LogP contribution < -0.4 is 0 Å². The highest BCUT2D eigenvalue weighted by atomic mass is 32.1. The van der Waals surface area contributed by atoms with Crippen LogP contribution in [0.5, 0.6) is 0 Å². The first-order valence-electron chi connectivity index (χ1n) is 27.8. The lowest BCUT2D eigenvalue weighted by Gasteiger charge is -2.34. The summed E-state index contributed by atoms with van der Waals surface area (Å²) in [5, 5.41) is 40.8. The Morgan fingerprint density at radius 1 is 0.527 bits per heavy atom. The van der Waals surface area contributed by atoms with Crippen LogP contribution in [0, 0.1) is 45.3 Å². The van der Waals surface area contributed by atoms with Gasteiger partial charge in [-0.3, -0.25) is 9.59 Å². The third kappa shape index (κ3) is 9.29. The summed E-state index contributed by atoms with van der Waals surface area (Å²) in [7, 11) is 0. The summed E-state index contributed by atoms with van der Waals surface area (Å²) < 4.78 is 0. The molecule has 74 heavy (non-hydrogen) atoms. The minimum Gasteiger partial charge on any atom is -0.289 e. The summed E-state index contributed by atoms with van der Waals surface area (Å²) in [6.07, 6.45) is 31.8. The molecule has 5 aliphatic carbocycles. The predicted molar refractivity (Wildman–Crippen MR) is 303 cm³/mol. The van der Waals surface area contributed by atoms with E-state index in [2.05, 4.69) is 76.2 Å². The van der Waals surface area contributed by atoms with Crippen LogP contribution in [0.4, 0.5) is 0 Å². The van der Waals surface area contributed by atoms with Crippen LogP contribution in [-0.4, -0.2) is 11.6 Å². The van der Waals surface area contributed by atoms with Crippen molar-refractivity contribution in [3.05, 3.63) is 143 Å². The molecule has 6 nitrogen and oxygen atoms in total. The summed E-state index contributed by atoms with van der Waals surface area (Å²) in [5.74, 6) is -0.220. The van der Waals surface area contributed by atoms with E-state index < -0.39 is 0 Å². The second-order valence-corrected chi connectivity index (χ2v) is 23.4. The first-order valence-corrected chi connectivity index (χ1v) is 29.4. The van der Waals surface area contributed by atoms with Gasteiger partial charge in [0.05, 0.1) is 0 Å². The molecule has 0 bridgehead atoms. The summed E-state index contributed by atoms with van der Waals surface area (Å²) in [6, 6.07) is 25.8. The Hall–Kier alpha value is -6.42. The third-order valence-electron chi connectivity index (χ3n) is 16.7. The van der Waals surface area contributed by atoms with Gasteiger partial charge in [-0.15, -0.1) is 22.7 Å². The van der Waals surface area contributed by atoms with Gasteiger partial charge in [-0.2, -0.15) is 21.0 Å². The van der Waals surface area contributed by atoms with E-state index in [0.717, 1.165) is 124 Å². The Morgan fingerprint density at radius 2 is 0.959 bits per heavy atom. The molecule has 2 aromatic carbocycles. The van der Waals surface area contributed by atoms with Crippen LogP contribution in [0.25, 0.3) is 38.6 Å². The molecule has 0 atom stereocenters. The van der Waals surface area contributed by atoms with Crippen LogP contribution in [-0.2, 0) is 15.6 Å². The number of fused-ring (bicyclic) bond motifs is 7. The number of Topliss-reactive ketones (excluding diaryl/α,β-unsaturated/α-hetero) is 2. The van der Waals surface area contributed by atoms with E-state index in [1.54, 1.807) is 28.7 Å². The predicted octanol–water partition coefficient (Wildman–Crippen LogP) is 18.3. The summed E-state index contributed by atoms with van der Waals surface area (Å²) in [5.41, 5.74) is 12.0. The lowest BCUT2D eigenvalue weighted by Crippen LogP contribution is -2.27. The number of nitrogens with zero attached hydrogens (tertiary/aromatic N) is 4. The number of benzene rings is 2. The molecule has 0 saturated heterocycles. The van der Waals surface area contributed by atoms with Gasteiger partial charge in [0.1, 0.15) is 35.4 Å². The fourth-order valence-corrected chi connectivity index (χ4v) is 15.6. The van der Waals surface area contributed by atoms with E-state index in [1.165, 1.54) is 68.8 Å². The van der Waals surface area contributed by atoms with Crippen molar-refractivity contribution < 1.29 is 9.59 Å². The van der Waals surface area contributed by atoms with Crippen LogP contribution >= 0.6 is 22.7 Å². The number of nitriles is 4. The summed E-state index contributed by atoms with van der Waals surface area (Å²) in [6.45, 7) is 9.09. The standard InChI is InChI=1S/C66H68N4O2S2/c1-5-9-13-21-29-65(30-22-14-10-6-2)55-37-52-56(38-51(55)63-57(65)35-45(73-63)33-53-59(43(39-67)40-68)47-25-17-19-27-49(47)61(53)71)66(31-23-15-11-7-3,32-24-16-12-8-4)58-36-46(74-64(52)58)34-54-60(44(41-69)42-70)48-26-18-20-28-50(48)62(54)72/h17-19,25-27,33-38H,5-16,20-24,28-32H2,1-4H3/b53-33-,54-34-. The molecular formula is C66H68N4O2S2. The zero-order valence-corrected chi connectivity index (χ0v) is 45.5. The Balaban J connectivity index is 1.27. The zero-order valence-electron chi connectivity index (χ0n) is 43.9. The number of thiophene rings is 2. The number of carbonyl (C=O) groups is 2. The molecule has 0 unspecified atom stereocenters. The molecule has 0 N–H and O–H groups in total. The van der Waals surface area contributed by atoms with Crippen LogP contribution in [0.3, 0.4) is 0 Å². The summed E-state index contributed by atoms with van der Waals surface area (Å²) >= 11 is 3.52. The van der Waals surface area contributed by atoms with Crippen molar-refractivity contribution in [2.24, 2.45) is 0 Å². The average Bonchev–Trinajstić information content (AvgIpc) is 4.25. The fourth-order valence-electron chi connectivity index (χ4n) is 13.1. The van der Waals surface area contributed by atoms with Crippen molar-refractivity contribution in [3.63, 3.8) is 0 Å². The molecule has 2 heterocycles. The van der Waals surface area contributed by atoms with Gasteiger partial charge in [-0.05, 0) is 119 Å². The van der Waals surface area contributed by atoms with Gasteiger partial charge in [0.2, 0.25) is 0 Å². The van der Waals surface area contributed by atoms with Gasteiger partial charge >= 0.3 is 0 Å². The number of ketones is 2. The van der Waals surface area contributed by atoms with Crippen LogP contribution in [0.15, 0.2) is 99.7 Å². The highest BCUT2D eigenvalue weighted by molar-refractivity contribution is 7.17. The van der Waals surface area contributed by atoms with Crippen LogP contribution in [0.1, 0.15) is 217 Å². The molecule has 0 amide bonds. The van der Waals surface area contributed by atoms with Crippen molar-refractivity contribution in [3.8, 4) is 45.2 Å². The van der Waals surface area contributed by atoms with Gasteiger partial charge in [0.25, 0.3) is 0 Å². The van der Waals surface area contributed by atoms with Crippen molar-refractivity contribution in [1.82, 2.24) is 0 Å². The van der Waals surface area contributed by atoms with E-state index >= 15 is 0 Å². The van der Waals surface area contributed by atoms with E-state index in [4.69, 9.17) is 0 Å². The van der Waals surface area contributed by atoms with Crippen molar-refractivity contribution in [2.45, 2.75) is 180 Å². The molecule has 2 aromatic heterocycles. The maximum absolute atomic E-state index is 14.3. The molecule has 0 spiro atoms. The van der Waals surface area contributed by atoms with Gasteiger partial charge in [-0.1, -0.05) is 167 Å². The highest BCUT2D eigenvalue weighted by Gasteiger charge is 2.50. The van der Waals surface area contributed by atoms with E-state index in [1.807, 2.05) is 42.5 Å². The Labute approximate surface area is 447 Å². The largest absolute Gasteiger partial charge is 0.289 e. The maximum atomic E-state index is 14.3. The Bertz CT molecular complexity index is 3220. The quantitative estimate of drug-likeness (QED) is 0.0438. The minimum absolute atomic E-state index is 0.0145. The lowest BCUT2D eigenvalue weighted by atomic mass is 9.68. The topological polar surface area (TPSA) is 129 Å². The molecule has 5 aliphatic rings. The molecule has 8 heteroatoms. The third-order valence-corrected chi connectivity index (χ3v) is 19.0. The smallest absolute Gasteiger partial charge is 0.194 e. The number of allylic oxidation sites excluding steroid dienone is 10. The second-order valence-electron chi connectivity index (χ2n) is 21.2. The lowest BCUT2D eigenvalue weighted by molar-refractivity contribution is -0.111. The zero-order chi connectivity index (χ0) is 52.0. The number of carbonyl (C=O) groups excluding carboxylic acids is 2. The summed E-state index contributed by atoms with van der Waals surface area (Å²) in [4.78, 5) is 33.1. The Kier molecular flexibility index (Phi) is 16.3. The maximum Gasteiger partial charge on any atom is 0.194 e. The van der Waals surface area contributed by atoms with E-state index in [-0.39, 0.29) is 33.5 Å². The molecule has 0 fully saturated rings. The van der Waals surface area contributed by atoms with Gasteiger partial charge in [0.15, 0.2) is 11.6 Å². The molecule has 4 aromatic rings. The van der Waals surface area contributed by atoms with Gasteiger partial charge < -0.3 is 0 Å². The molecule has 9 rings (SSSR count). The molecule has 0 saturated carbocycles. The van der Waals surface area contributed by atoms with Gasteiger partial charge in [0, 0.05) is 63.8 Å². The van der Waals surface area contributed by atoms with Gasteiger partial charge in [-0.25, -0.2) is 0 Å². The average molecular weight is 1010 g/mol. The number of hydrogen-bond acceptors (Lipinski definition) is 8. The molecule has 0 radical (unpaired) electrons. The fraction of sp³-hybridized carbons (Fsp3) is 0.424. The molecule has 0 aliphatic heterocycles. The number of unbranched alkanes of at least 4 members (excludes halogenated alkanes) is 12. The Morgan fingerprint density at radius 3 is 1.41 bits per heavy atom. The van der Waals surface area contributed by atoms with E-state index in [0.29, 0.717) is 45.4 Å². The minimum atomic E-state index is -0.255. The SMILES string of the molecule is CCCCCCC1(CCCCCC)c2cc3c(cc2-c2sc(/C=C4\C(=O)C5=C(C=CCC5)C4=C(C#N)C#N)cc21)C(CCCCCC)(CCCCCC)c1cc(/C=C2\C(=O)c4ccccc4C2=C(C#N)C#N)sc1-3. The monoisotopic (exact) mass is 1010 g/mol. The van der Waals surface area contributed by atoms with Crippen molar-refractivity contribution in [1.29, 1.82) is 21.0 Å². The molecular weight excluding hydrogens is 945 g/mol.